The number of aliphatic hydroxyl groups excluding tert-OH is 1. The Bertz CT molecular complexity index is 2010. The van der Waals surface area contributed by atoms with E-state index in [9.17, 15) is 19.5 Å². The summed E-state index contributed by atoms with van der Waals surface area (Å²) >= 11 is 0. The molecule has 5 heterocycles. The van der Waals surface area contributed by atoms with Gasteiger partial charge in [0.15, 0.2) is 5.78 Å². The minimum Gasteiger partial charge on any atom is -0.392 e. The average Bonchev–Trinajstić information content (AvgIpc) is 3.76. The Morgan fingerprint density at radius 1 is 0.885 bits per heavy atom. The summed E-state index contributed by atoms with van der Waals surface area (Å²) in [6, 6.07) is 6.15. The fourth-order valence-electron chi connectivity index (χ4n) is 7.93. The standard InChI is InChI=1S/C41H57N7O4/c1-11-27-22(4)30-19-35-37(26(8)50)24(6)32(45-35)17-31-23(5)29(13-14-36(51)43-20-21(3)49)39(46-31)28(12-2)40-38(41(52)42-15-16-48(9)10)25(7)33(47-40)18-34(27)44-30/h17-19,21-23,27,29,45,47,49H,11-16,20H2,1-10H3,(H,42,52)(H,43,51)/t21?,22-,23+,27?,29+/m1/s1. The maximum absolute atomic E-state index is 14.1. The van der Waals surface area contributed by atoms with Crippen molar-refractivity contribution in [2.75, 3.05) is 33.7 Å². The fourth-order valence-corrected chi connectivity index (χ4v) is 7.93. The second-order valence-electron chi connectivity index (χ2n) is 15.0. The number of H-pyrrole nitrogens is 2. The van der Waals surface area contributed by atoms with E-state index in [0.29, 0.717) is 37.1 Å². The van der Waals surface area contributed by atoms with Gasteiger partial charge in [-0.15, -0.1) is 0 Å². The van der Waals surface area contributed by atoms with Gasteiger partial charge in [0, 0.05) is 89.1 Å². The number of carbonyl (C=O) groups is 3. The second-order valence-corrected chi connectivity index (χ2v) is 15.0. The maximum Gasteiger partial charge on any atom is 0.253 e. The molecule has 3 aromatic rings. The van der Waals surface area contributed by atoms with Gasteiger partial charge in [0.05, 0.1) is 22.7 Å². The first-order chi connectivity index (χ1) is 24.7. The van der Waals surface area contributed by atoms with Gasteiger partial charge in [-0.1, -0.05) is 27.7 Å². The Hall–Kier alpha value is -4.35. The highest BCUT2D eigenvalue weighted by atomic mass is 16.3. The number of aromatic nitrogens is 4. The Labute approximate surface area is 307 Å². The molecule has 2 aliphatic rings. The first-order valence-electron chi connectivity index (χ1n) is 18.8. The molecule has 0 saturated carbocycles. The van der Waals surface area contributed by atoms with Crippen LogP contribution in [0.3, 0.4) is 0 Å². The maximum atomic E-state index is 14.1. The molecule has 0 radical (unpaired) electrons. The lowest BCUT2D eigenvalue weighted by atomic mass is 9.85. The van der Waals surface area contributed by atoms with Crippen LogP contribution in [0.15, 0.2) is 18.2 Å². The summed E-state index contributed by atoms with van der Waals surface area (Å²) < 4.78 is 0. The van der Waals surface area contributed by atoms with Gasteiger partial charge in [0.1, 0.15) is 0 Å². The Kier molecular flexibility index (Phi) is 12.1. The van der Waals surface area contributed by atoms with E-state index >= 15 is 0 Å². The SMILES string of the molecule is CCc1c2nc(cc3[nH]c(cc4nc(cc5[nH]c1c(C(=O)NCCN(C)C)c5C)C(CC)[C@H]4C)c(C(C)=O)c3C)[C@@H](C)[C@@H]2CCC(=O)NCC(C)O. The lowest BCUT2D eigenvalue weighted by Gasteiger charge is -2.18. The molecule has 0 spiro atoms. The van der Waals surface area contributed by atoms with Crippen LogP contribution in [0, 0.1) is 13.8 Å². The Balaban J connectivity index is 1.87. The highest BCUT2D eigenvalue weighted by Crippen LogP contribution is 2.43. The second kappa shape index (κ2) is 16.1. The van der Waals surface area contributed by atoms with Crippen molar-refractivity contribution in [2.24, 2.45) is 0 Å². The summed E-state index contributed by atoms with van der Waals surface area (Å²) in [5.41, 5.74) is 10.5. The molecule has 11 nitrogen and oxygen atoms in total. The first-order valence-corrected chi connectivity index (χ1v) is 18.8. The molecule has 0 aromatic carbocycles. The minimum atomic E-state index is -0.636. The summed E-state index contributed by atoms with van der Waals surface area (Å²) in [4.78, 5) is 59.9. The number of amides is 2. The largest absolute Gasteiger partial charge is 0.392 e. The van der Waals surface area contributed by atoms with Crippen molar-refractivity contribution in [1.29, 1.82) is 0 Å². The predicted molar refractivity (Wildman–Crippen MR) is 207 cm³/mol. The molecule has 52 heavy (non-hydrogen) atoms. The van der Waals surface area contributed by atoms with Crippen molar-refractivity contribution in [3.63, 3.8) is 0 Å². The summed E-state index contributed by atoms with van der Waals surface area (Å²) in [6.45, 7) is 17.2. The van der Waals surface area contributed by atoms with E-state index in [2.05, 4.69) is 54.4 Å². The number of hydrogen-bond donors (Lipinski definition) is 5. The lowest BCUT2D eigenvalue weighted by molar-refractivity contribution is -0.121. The van der Waals surface area contributed by atoms with Gasteiger partial charge in [-0.05, 0) is 95.9 Å². The number of aryl methyl sites for hydroxylation is 3. The van der Waals surface area contributed by atoms with Crippen LogP contribution in [0.25, 0.3) is 22.1 Å². The monoisotopic (exact) mass is 711 g/mol. The van der Waals surface area contributed by atoms with Gasteiger partial charge in [-0.3, -0.25) is 24.4 Å². The van der Waals surface area contributed by atoms with E-state index in [0.717, 1.165) is 68.0 Å². The summed E-state index contributed by atoms with van der Waals surface area (Å²) in [7, 11) is 3.96. The topological polar surface area (TPSA) is 156 Å². The Morgan fingerprint density at radius 3 is 2.13 bits per heavy atom. The van der Waals surface area contributed by atoms with Crippen LogP contribution >= 0.6 is 0 Å². The molecule has 11 heteroatoms. The van der Waals surface area contributed by atoms with Crippen molar-refractivity contribution in [3.05, 3.63) is 68.8 Å². The normalized spacial score (nSPS) is 19.2. The summed E-state index contributed by atoms with van der Waals surface area (Å²) in [5.74, 6) is -0.199. The van der Waals surface area contributed by atoms with Crippen molar-refractivity contribution < 1.29 is 19.5 Å². The van der Waals surface area contributed by atoms with Gasteiger partial charge in [-0.25, -0.2) is 0 Å². The van der Waals surface area contributed by atoms with E-state index < -0.39 is 6.10 Å². The number of Topliss-reactive ketones (excluding diaryl/α,β-unsaturated/α-hetero) is 1. The number of hydrogen-bond acceptors (Lipinski definition) is 7. The zero-order chi connectivity index (χ0) is 38.0. The molecule has 5 N–H and O–H groups in total. The number of aromatic amines is 2. The Morgan fingerprint density at radius 2 is 1.50 bits per heavy atom. The zero-order valence-corrected chi connectivity index (χ0v) is 32.6. The third-order valence-electron chi connectivity index (χ3n) is 11.0. The van der Waals surface area contributed by atoms with Crippen LogP contribution in [0.1, 0.15) is 145 Å². The molecule has 5 atom stereocenters. The molecular formula is C41H57N7O4. The number of aliphatic hydroxyl groups is 1. The summed E-state index contributed by atoms with van der Waals surface area (Å²) in [6.07, 6.45) is 1.64. The van der Waals surface area contributed by atoms with Gasteiger partial charge in [-0.2, -0.15) is 0 Å². The van der Waals surface area contributed by atoms with Crippen molar-refractivity contribution in [3.8, 4) is 0 Å². The zero-order valence-electron chi connectivity index (χ0n) is 32.6. The number of carbonyl (C=O) groups excluding carboxylic acids is 3. The number of nitrogens with zero attached hydrogens (tertiary/aromatic N) is 3. The molecule has 8 bridgehead atoms. The average molecular weight is 712 g/mol. The van der Waals surface area contributed by atoms with Crippen LogP contribution < -0.4 is 10.6 Å². The van der Waals surface area contributed by atoms with Crippen LogP contribution in [0.4, 0.5) is 0 Å². The molecular weight excluding hydrogens is 654 g/mol. The van der Waals surface area contributed by atoms with E-state index in [1.807, 2.05) is 45.0 Å². The molecule has 0 saturated heterocycles. The van der Waals surface area contributed by atoms with Gasteiger partial charge < -0.3 is 30.6 Å². The third-order valence-corrected chi connectivity index (χ3v) is 11.0. The predicted octanol–water partition coefficient (Wildman–Crippen LogP) is 6.45. The van der Waals surface area contributed by atoms with E-state index in [1.54, 1.807) is 13.8 Å². The molecule has 2 aliphatic heterocycles. The molecule has 3 aromatic heterocycles. The number of likely N-dealkylation sites (N-methyl/N-ethyl adjacent to an activating group) is 1. The highest BCUT2D eigenvalue weighted by Gasteiger charge is 2.33. The van der Waals surface area contributed by atoms with Crippen molar-refractivity contribution >= 4 is 39.7 Å². The van der Waals surface area contributed by atoms with E-state index in [1.165, 1.54) is 0 Å². The molecule has 0 aliphatic carbocycles. The smallest absolute Gasteiger partial charge is 0.253 e. The van der Waals surface area contributed by atoms with Crippen molar-refractivity contribution in [1.82, 2.24) is 35.5 Å². The van der Waals surface area contributed by atoms with Gasteiger partial charge >= 0.3 is 0 Å². The van der Waals surface area contributed by atoms with Gasteiger partial charge in [0.2, 0.25) is 5.91 Å². The fraction of sp³-hybridized carbons (Fsp3) is 0.537. The van der Waals surface area contributed by atoms with E-state index in [-0.39, 0.29) is 54.2 Å². The third kappa shape index (κ3) is 7.85. The van der Waals surface area contributed by atoms with E-state index in [4.69, 9.17) is 9.97 Å². The molecule has 2 amide bonds. The first kappa shape index (κ1) is 38.9. The molecule has 280 valence electrons. The molecule has 0 fully saturated rings. The highest BCUT2D eigenvalue weighted by molar-refractivity contribution is 6.06. The molecule has 2 unspecified atom stereocenters. The van der Waals surface area contributed by atoms with Crippen LogP contribution in [0.5, 0.6) is 0 Å². The van der Waals surface area contributed by atoms with Crippen LogP contribution in [-0.4, -0.2) is 87.4 Å². The minimum absolute atomic E-state index is 0.0198. The number of fused-ring (bicyclic) bond motifs is 8. The van der Waals surface area contributed by atoms with Gasteiger partial charge in [0.25, 0.3) is 5.91 Å². The lowest BCUT2D eigenvalue weighted by Crippen LogP contribution is -2.31. The number of nitrogens with one attached hydrogen (secondary N) is 4. The van der Waals surface area contributed by atoms with Crippen LogP contribution in [-0.2, 0) is 11.2 Å². The number of rotatable bonds is 12. The number of ketones is 1. The van der Waals surface area contributed by atoms with Crippen LogP contribution in [0.2, 0.25) is 0 Å². The quantitative estimate of drug-likeness (QED) is 0.135. The summed E-state index contributed by atoms with van der Waals surface area (Å²) in [5, 5.41) is 15.7. The molecule has 5 rings (SSSR count). The van der Waals surface area contributed by atoms with Crippen molar-refractivity contribution in [2.45, 2.75) is 111 Å².